The van der Waals surface area contributed by atoms with Gasteiger partial charge >= 0.3 is 0 Å². The van der Waals surface area contributed by atoms with Crippen LogP contribution in [0.5, 0.6) is 0 Å². The normalized spacial score (nSPS) is 16.5. The fraction of sp³-hybridized carbons (Fsp3) is 0.562. The molecule has 0 N–H and O–H groups in total. The highest BCUT2D eigenvalue weighted by Crippen LogP contribution is 2.21. The van der Waals surface area contributed by atoms with Crippen LogP contribution in [-0.2, 0) is 4.79 Å². The number of nitro groups is 1. The molecule has 1 fully saturated rings. The zero-order valence-corrected chi connectivity index (χ0v) is 13.2. The molecule has 1 aromatic carbocycles. The van der Waals surface area contributed by atoms with Crippen molar-refractivity contribution in [1.29, 1.82) is 0 Å². The highest BCUT2D eigenvalue weighted by molar-refractivity contribution is 5.78. The maximum absolute atomic E-state index is 12.3. The van der Waals surface area contributed by atoms with Crippen LogP contribution in [0.15, 0.2) is 24.3 Å². The molecule has 2 rings (SSSR count). The van der Waals surface area contributed by atoms with E-state index >= 15 is 0 Å². The second-order valence-corrected chi connectivity index (χ2v) is 5.78. The minimum Gasteiger partial charge on any atom is -0.368 e. The van der Waals surface area contributed by atoms with Crippen molar-refractivity contribution in [2.24, 2.45) is 5.92 Å². The number of nitro benzene ring substituents is 1. The second-order valence-electron chi connectivity index (χ2n) is 5.78. The van der Waals surface area contributed by atoms with E-state index in [1.54, 1.807) is 12.1 Å². The number of nitrogens with zero attached hydrogens (tertiary/aromatic N) is 3. The third-order valence-electron chi connectivity index (χ3n) is 4.16. The molecule has 0 bridgehead atoms. The predicted molar refractivity (Wildman–Crippen MR) is 86.0 cm³/mol. The van der Waals surface area contributed by atoms with E-state index in [-0.39, 0.29) is 17.5 Å². The summed E-state index contributed by atoms with van der Waals surface area (Å²) in [5.41, 5.74) is 1.07. The minimum atomic E-state index is -0.393. The summed E-state index contributed by atoms with van der Waals surface area (Å²) in [5.74, 6) is 0.334. The first-order valence-electron chi connectivity index (χ1n) is 7.81. The Morgan fingerprint density at radius 2 is 1.82 bits per heavy atom. The SMILES string of the molecule is CCC[C@H](C)C(=O)N1CCN(c2ccc([N+](=O)[O-])cc2)CC1. The molecule has 120 valence electrons. The van der Waals surface area contributed by atoms with E-state index in [4.69, 9.17) is 0 Å². The van der Waals surface area contributed by atoms with Crippen LogP contribution in [-0.4, -0.2) is 41.9 Å². The van der Waals surface area contributed by atoms with Crippen LogP contribution < -0.4 is 4.90 Å². The Kier molecular flexibility index (Phi) is 5.35. The number of rotatable bonds is 5. The van der Waals surface area contributed by atoms with Crippen molar-refractivity contribution in [2.45, 2.75) is 26.7 Å². The van der Waals surface area contributed by atoms with Gasteiger partial charge in [-0.15, -0.1) is 0 Å². The number of carbonyl (C=O) groups is 1. The van der Waals surface area contributed by atoms with Gasteiger partial charge in [0, 0.05) is 49.9 Å². The van der Waals surface area contributed by atoms with Crippen LogP contribution >= 0.6 is 0 Å². The van der Waals surface area contributed by atoms with Crippen LogP contribution in [0, 0.1) is 16.0 Å². The van der Waals surface area contributed by atoms with Crippen molar-refractivity contribution in [3.63, 3.8) is 0 Å². The van der Waals surface area contributed by atoms with Gasteiger partial charge in [0.1, 0.15) is 0 Å². The largest absolute Gasteiger partial charge is 0.368 e. The Morgan fingerprint density at radius 1 is 1.23 bits per heavy atom. The molecule has 22 heavy (non-hydrogen) atoms. The molecule has 1 aromatic rings. The number of hydrogen-bond acceptors (Lipinski definition) is 4. The first-order valence-corrected chi connectivity index (χ1v) is 7.81. The summed E-state index contributed by atoms with van der Waals surface area (Å²) in [5, 5.41) is 10.7. The molecule has 6 heteroatoms. The lowest BCUT2D eigenvalue weighted by Crippen LogP contribution is -2.50. The molecular weight excluding hydrogens is 282 g/mol. The van der Waals surface area contributed by atoms with Crippen molar-refractivity contribution in [3.05, 3.63) is 34.4 Å². The third-order valence-corrected chi connectivity index (χ3v) is 4.16. The van der Waals surface area contributed by atoms with E-state index in [1.165, 1.54) is 12.1 Å². The molecule has 1 aliphatic rings. The summed E-state index contributed by atoms with van der Waals surface area (Å²) in [7, 11) is 0. The topological polar surface area (TPSA) is 66.7 Å². The van der Waals surface area contributed by atoms with Gasteiger partial charge in [0.05, 0.1) is 4.92 Å². The van der Waals surface area contributed by atoms with Crippen LogP contribution in [0.25, 0.3) is 0 Å². The average Bonchev–Trinajstić information content (AvgIpc) is 2.54. The maximum atomic E-state index is 12.3. The summed E-state index contributed by atoms with van der Waals surface area (Å²) in [6.45, 7) is 7.05. The van der Waals surface area contributed by atoms with Gasteiger partial charge in [-0.05, 0) is 18.6 Å². The van der Waals surface area contributed by atoms with Crippen molar-refractivity contribution >= 4 is 17.3 Å². The molecule has 1 atom stereocenters. The van der Waals surface area contributed by atoms with Gasteiger partial charge in [-0.1, -0.05) is 20.3 Å². The average molecular weight is 305 g/mol. The van der Waals surface area contributed by atoms with Crippen LogP contribution in [0.3, 0.4) is 0 Å². The Hall–Kier alpha value is -2.11. The fourth-order valence-electron chi connectivity index (χ4n) is 2.84. The molecular formula is C16H23N3O3. The van der Waals surface area contributed by atoms with Crippen LogP contribution in [0.1, 0.15) is 26.7 Å². The number of benzene rings is 1. The quantitative estimate of drug-likeness (QED) is 0.619. The number of hydrogen-bond donors (Lipinski definition) is 0. The number of anilines is 1. The Balaban J connectivity index is 1.91. The van der Waals surface area contributed by atoms with Crippen molar-refractivity contribution in [3.8, 4) is 0 Å². The van der Waals surface area contributed by atoms with E-state index in [9.17, 15) is 14.9 Å². The van der Waals surface area contributed by atoms with E-state index in [0.29, 0.717) is 13.1 Å². The predicted octanol–water partition coefficient (Wildman–Crippen LogP) is 2.68. The fourth-order valence-corrected chi connectivity index (χ4v) is 2.84. The van der Waals surface area contributed by atoms with E-state index in [2.05, 4.69) is 11.8 Å². The van der Waals surface area contributed by atoms with Gasteiger partial charge < -0.3 is 9.80 Å². The summed E-state index contributed by atoms with van der Waals surface area (Å²) in [6, 6.07) is 6.59. The molecule has 1 saturated heterocycles. The molecule has 0 unspecified atom stereocenters. The monoisotopic (exact) mass is 305 g/mol. The number of piperazine rings is 1. The summed E-state index contributed by atoms with van der Waals surface area (Å²) in [4.78, 5) is 26.7. The lowest BCUT2D eigenvalue weighted by molar-refractivity contribution is -0.384. The molecule has 0 aromatic heterocycles. The highest BCUT2D eigenvalue weighted by Gasteiger charge is 2.24. The van der Waals surface area contributed by atoms with Crippen LogP contribution in [0.2, 0.25) is 0 Å². The van der Waals surface area contributed by atoms with Gasteiger partial charge in [-0.25, -0.2) is 0 Å². The van der Waals surface area contributed by atoms with Gasteiger partial charge in [-0.3, -0.25) is 14.9 Å². The Bertz CT molecular complexity index is 522. The first-order chi connectivity index (χ1) is 10.5. The molecule has 1 amide bonds. The van der Waals surface area contributed by atoms with Gasteiger partial charge in [0.2, 0.25) is 5.91 Å². The summed E-state index contributed by atoms with van der Waals surface area (Å²) >= 11 is 0. The molecule has 0 radical (unpaired) electrons. The molecule has 1 aliphatic heterocycles. The molecule has 0 aliphatic carbocycles. The van der Waals surface area contributed by atoms with Crippen molar-refractivity contribution < 1.29 is 9.72 Å². The standard InChI is InChI=1S/C16H23N3O3/c1-3-4-13(2)16(20)18-11-9-17(10-12-18)14-5-7-15(8-6-14)19(21)22/h5-8,13H,3-4,9-12H2,1-2H3/t13-/m0/s1. The number of carbonyl (C=O) groups excluding carboxylic acids is 1. The van der Waals surface area contributed by atoms with Gasteiger partial charge in [0.25, 0.3) is 5.69 Å². The lowest BCUT2D eigenvalue weighted by Gasteiger charge is -2.37. The molecule has 6 nitrogen and oxygen atoms in total. The van der Waals surface area contributed by atoms with Crippen molar-refractivity contribution in [2.75, 3.05) is 31.1 Å². The number of amides is 1. The smallest absolute Gasteiger partial charge is 0.269 e. The zero-order valence-electron chi connectivity index (χ0n) is 13.2. The summed E-state index contributed by atoms with van der Waals surface area (Å²) < 4.78 is 0. The van der Waals surface area contributed by atoms with Crippen molar-refractivity contribution in [1.82, 2.24) is 4.90 Å². The molecule has 1 heterocycles. The summed E-state index contributed by atoms with van der Waals surface area (Å²) in [6.07, 6.45) is 1.96. The van der Waals surface area contributed by atoms with E-state index in [1.807, 2.05) is 11.8 Å². The minimum absolute atomic E-state index is 0.0934. The van der Waals surface area contributed by atoms with Crippen LogP contribution in [0.4, 0.5) is 11.4 Å². The Labute approximate surface area is 130 Å². The van der Waals surface area contributed by atoms with E-state index < -0.39 is 4.92 Å². The second kappa shape index (κ2) is 7.24. The third kappa shape index (κ3) is 3.75. The molecule has 0 saturated carbocycles. The van der Waals surface area contributed by atoms with Gasteiger partial charge in [-0.2, -0.15) is 0 Å². The maximum Gasteiger partial charge on any atom is 0.269 e. The molecule has 0 spiro atoms. The lowest BCUT2D eigenvalue weighted by atomic mass is 10.0. The first kappa shape index (κ1) is 16.3. The zero-order chi connectivity index (χ0) is 16.1. The Morgan fingerprint density at radius 3 is 2.32 bits per heavy atom. The number of non-ortho nitro benzene ring substituents is 1. The highest BCUT2D eigenvalue weighted by atomic mass is 16.6. The van der Waals surface area contributed by atoms with E-state index in [0.717, 1.165) is 31.6 Å². The van der Waals surface area contributed by atoms with Gasteiger partial charge in [0.15, 0.2) is 0 Å².